The predicted molar refractivity (Wildman–Crippen MR) is 119 cm³/mol. The van der Waals surface area contributed by atoms with Crippen LogP contribution in [0, 0.1) is 0 Å². The number of hydrazone groups is 2. The third-order valence-electron chi connectivity index (χ3n) is 4.50. The van der Waals surface area contributed by atoms with Gasteiger partial charge in [-0.05, 0) is 51.0 Å². The second kappa shape index (κ2) is 11.3. The summed E-state index contributed by atoms with van der Waals surface area (Å²) in [5.41, 5.74) is 6.31. The van der Waals surface area contributed by atoms with E-state index < -0.39 is 0 Å². The number of hydrogen-bond donors (Lipinski definition) is 6. The minimum absolute atomic E-state index is 0.0773. The van der Waals surface area contributed by atoms with Gasteiger partial charge >= 0.3 is 0 Å². The topological polar surface area (TPSA) is 164 Å². The third kappa shape index (κ3) is 7.31. The summed E-state index contributed by atoms with van der Waals surface area (Å²) in [5, 5.41) is 46.1. The zero-order chi connectivity index (χ0) is 23.7. The Morgan fingerprint density at radius 3 is 1.44 bits per heavy atom. The van der Waals surface area contributed by atoms with E-state index in [1.54, 1.807) is 13.8 Å². The van der Waals surface area contributed by atoms with Crippen molar-refractivity contribution in [3.8, 4) is 23.0 Å². The summed E-state index contributed by atoms with van der Waals surface area (Å²) >= 11 is 0. The number of rotatable bonds is 9. The SMILES string of the molecule is C/C(=N\NC(=O)CCCCC(=O)N/N=C(\C)c1ccc(O)cc1O)c1ccc(O)cc1O. The highest BCUT2D eigenvalue weighted by Gasteiger charge is 2.09. The highest BCUT2D eigenvalue weighted by molar-refractivity contribution is 6.02. The van der Waals surface area contributed by atoms with Crippen LogP contribution in [-0.2, 0) is 9.59 Å². The van der Waals surface area contributed by atoms with Gasteiger partial charge in [-0.2, -0.15) is 10.2 Å². The molecule has 32 heavy (non-hydrogen) atoms. The number of phenols is 4. The number of aromatic hydroxyl groups is 4. The summed E-state index contributed by atoms with van der Waals surface area (Å²) in [6.45, 7) is 3.22. The number of amides is 2. The second-order valence-electron chi connectivity index (χ2n) is 7.07. The molecule has 0 saturated carbocycles. The molecule has 2 aromatic rings. The third-order valence-corrected chi connectivity index (χ3v) is 4.50. The molecule has 10 nitrogen and oxygen atoms in total. The van der Waals surface area contributed by atoms with Crippen molar-refractivity contribution < 1.29 is 30.0 Å². The van der Waals surface area contributed by atoms with Crippen LogP contribution in [0.5, 0.6) is 23.0 Å². The standard InChI is InChI=1S/C22H26N4O6/c1-13(17-9-7-15(27)11-19(17)29)23-25-21(31)5-3-4-6-22(32)26-24-14(2)18-10-8-16(28)12-20(18)30/h7-12,27-30H,3-6H2,1-2H3,(H,25,31)(H,26,32)/b23-13+,24-14+. The van der Waals surface area contributed by atoms with Gasteiger partial charge in [-0.3, -0.25) is 9.59 Å². The van der Waals surface area contributed by atoms with Crippen LogP contribution >= 0.6 is 0 Å². The van der Waals surface area contributed by atoms with Crippen LogP contribution < -0.4 is 10.9 Å². The van der Waals surface area contributed by atoms with Gasteiger partial charge in [0.2, 0.25) is 11.8 Å². The highest BCUT2D eigenvalue weighted by atomic mass is 16.3. The van der Waals surface area contributed by atoms with Gasteiger partial charge < -0.3 is 20.4 Å². The maximum atomic E-state index is 11.9. The second-order valence-corrected chi connectivity index (χ2v) is 7.07. The Hall–Kier alpha value is -4.08. The summed E-state index contributed by atoms with van der Waals surface area (Å²) in [4.78, 5) is 23.8. The van der Waals surface area contributed by atoms with Crippen LogP contribution in [0.25, 0.3) is 0 Å². The first-order valence-electron chi connectivity index (χ1n) is 9.88. The highest BCUT2D eigenvalue weighted by Crippen LogP contribution is 2.23. The molecular formula is C22H26N4O6. The number of hydrogen-bond acceptors (Lipinski definition) is 8. The maximum absolute atomic E-state index is 11.9. The monoisotopic (exact) mass is 442 g/mol. The lowest BCUT2D eigenvalue weighted by Gasteiger charge is -2.06. The van der Waals surface area contributed by atoms with Crippen molar-refractivity contribution >= 4 is 23.2 Å². The Morgan fingerprint density at radius 2 is 1.09 bits per heavy atom. The van der Waals surface area contributed by atoms with Crippen LogP contribution in [0.15, 0.2) is 46.6 Å². The van der Waals surface area contributed by atoms with E-state index in [-0.39, 0.29) is 47.7 Å². The predicted octanol–water partition coefficient (Wildman–Crippen LogP) is 2.45. The first-order valence-corrected chi connectivity index (χ1v) is 9.88. The average Bonchev–Trinajstić information content (AvgIpc) is 2.73. The van der Waals surface area contributed by atoms with Crippen molar-refractivity contribution in [2.45, 2.75) is 39.5 Å². The summed E-state index contributed by atoms with van der Waals surface area (Å²) in [5.74, 6) is -1.12. The number of nitrogens with zero attached hydrogens (tertiary/aromatic N) is 2. The molecule has 0 fully saturated rings. The minimum Gasteiger partial charge on any atom is -0.508 e. The summed E-state index contributed by atoms with van der Waals surface area (Å²) < 4.78 is 0. The van der Waals surface area contributed by atoms with Crippen LogP contribution in [0.4, 0.5) is 0 Å². The lowest BCUT2D eigenvalue weighted by Crippen LogP contribution is -2.20. The molecule has 2 aromatic carbocycles. The zero-order valence-corrected chi connectivity index (χ0v) is 17.8. The van der Waals surface area contributed by atoms with E-state index in [9.17, 15) is 30.0 Å². The molecule has 0 bridgehead atoms. The van der Waals surface area contributed by atoms with Gasteiger partial charge in [0.15, 0.2) is 0 Å². The summed E-state index contributed by atoms with van der Waals surface area (Å²) in [6, 6.07) is 8.14. The maximum Gasteiger partial charge on any atom is 0.240 e. The van der Waals surface area contributed by atoms with Crippen LogP contribution in [0.3, 0.4) is 0 Å². The molecular weight excluding hydrogens is 416 g/mol. The minimum atomic E-state index is -0.334. The van der Waals surface area contributed by atoms with Crippen molar-refractivity contribution in [3.63, 3.8) is 0 Å². The largest absolute Gasteiger partial charge is 0.508 e. The van der Waals surface area contributed by atoms with Gasteiger partial charge in [-0.1, -0.05) is 0 Å². The quantitative estimate of drug-likeness (QED) is 0.198. The van der Waals surface area contributed by atoms with Crippen molar-refractivity contribution in [2.24, 2.45) is 10.2 Å². The van der Waals surface area contributed by atoms with Crippen molar-refractivity contribution in [2.75, 3.05) is 0 Å². The molecule has 0 saturated heterocycles. The van der Waals surface area contributed by atoms with E-state index in [2.05, 4.69) is 21.1 Å². The van der Waals surface area contributed by atoms with Gasteiger partial charge in [0, 0.05) is 36.1 Å². The van der Waals surface area contributed by atoms with E-state index >= 15 is 0 Å². The first kappa shape index (κ1) is 24.2. The van der Waals surface area contributed by atoms with Crippen molar-refractivity contribution in [3.05, 3.63) is 47.5 Å². The number of carbonyl (C=O) groups excluding carboxylic acids is 2. The molecule has 0 radical (unpaired) electrons. The molecule has 0 spiro atoms. The number of benzene rings is 2. The Balaban J connectivity index is 1.72. The number of unbranched alkanes of at least 4 members (excludes halogenated alkanes) is 1. The number of carbonyl (C=O) groups is 2. The lowest BCUT2D eigenvalue weighted by atomic mass is 10.1. The molecule has 0 aromatic heterocycles. The van der Waals surface area contributed by atoms with Gasteiger partial charge in [-0.25, -0.2) is 10.9 Å². The Morgan fingerprint density at radius 1 is 0.719 bits per heavy atom. The van der Waals surface area contributed by atoms with E-state index in [4.69, 9.17) is 0 Å². The molecule has 0 heterocycles. The van der Waals surface area contributed by atoms with Crippen molar-refractivity contribution in [1.29, 1.82) is 0 Å². The molecule has 0 atom stereocenters. The zero-order valence-electron chi connectivity index (χ0n) is 17.8. The lowest BCUT2D eigenvalue weighted by molar-refractivity contribution is -0.123. The molecule has 0 unspecified atom stereocenters. The Labute approximate surface area is 184 Å². The number of nitrogens with one attached hydrogen (secondary N) is 2. The molecule has 2 rings (SSSR count). The fourth-order valence-corrected chi connectivity index (χ4v) is 2.75. The molecule has 10 heteroatoms. The summed E-state index contributed by atoms with van der Waals surface area (Å²) in [6.07, 6.45) is 1.24. The molecule has 6 N–H and O–H groups in total. The molecule has 0 aliphatic heterocycles. The van der Waals surface area contributed by atoms with Crippen LogP contribution in [0.1, 0.15) is 50.7 Å². The number of phenolic OH excluding ortho intramolecular Hbond substituents is 4. The van der Waals surface area contributed by atoms with E-state index in [1.807, 2.05) is 0 Å². The van der Waals surface area contributed by atoms with Gasteiger partial charge in [0.05, 0.1) is 11.4 Å². The summed E-state index contributed by atoms with van der Waals surface area (Å²) in [7, 11) is 0. The Bertz CT molecular complexity index is 965. The molecule has 0 aliphatic rings. The first-order chi connectivity index (χ1) is 15.2. The smallest absolute Gasteiger partial charge is 0.240 e. The fourth-order valence-electron chi connectivity index (χ4n) is 2.75. The van der Waals surface area contributed by atoms with E-state index in [1.165, 1.54) is 36.4 Å². The average molecular weight is 442 g/mol. The van der Waals surface area contributed by atoms with Gasteiger partial charge in [0.25, 0.3) is 0 Å². The van der Waals surface area contributed by atoms with Gasteiger partial charge in [0.1, 0.15) is 23.0 Å². The molecule has 2 amide bonds. The van der Waals surface area contributed by atoms with Crippen LogP contribution in [0.2, 0.25) is 0 Å². The van der Waals surface area contributed by atoms with Crippen molar-refractivity contribution in [1.82, 2.24) is 10.9 Å². The molecule has 170 valence electrons. The Kier molecular flexibility index (Phi) is 8.58. The van der Waals surface area contributed by atoms with E-state index in [0.717, 1.165) is 0 Å². The fraction of sp³-hybridized carbons (Fsp3) is 0.273. The normalized spacial score (nSPS) is 11.8. The van der Waals surface area contributed by atoms with Crippen LogP contribution in [-0.4, -0.2) is 43.7 Å². The van der Waals surface area contributed by atoms with E-state index in [0.29, 0.717) is 35.4 Å². The molecule has 0 aliphatic carbocycles. The van der Waals surface area contributed by atoms with Gasteiger partial charge in [-0.15, -0.1) is 0 Å².